The number of unbranched alkanes of at least 4 members (excludes halogenated alkanes) is 1. The van der Waals surface area contributed by atoms with Crippen LogP contribution in [0.3, 0.4) is 0 Å². The lowest BCUT2D eigenvalue weighted by Gasteiger charge is -2.04. The monoisotopic (exact) mass is 226 g/mol. The van der Waals surface area contributed by atoms with Crippen molar-refractivity contribution in [2.45, 2.75) is 24.8 Å². The van der Waals surface area contributed by atoms with Gasteiger partial charge in [0.15, 0.2) is 0 Å². The molecule has 0 unspecified atom stereocenters. The summed E-state index contributed by atoms with van der Waals surface area (Å²) in [4.78, 5) is 14.7. The van der Waals surface area contributed by atoms with Gasteiger partial charge in [-0.05, 0) is 24.3 Å². The van der Waals surface area contributed by atoms with Gasteiger partial charge < -0.3 is 10.8 Å². The first-order valence-corrected chi connectivity index (χ1v) is 5.76. The van der Waals surface area contributed by atoms with Crippen LogP contribution in [0.1, 0.15) is 30.3 Å². The average molecular weight is 226 g/mol. The minimum absolute atomic E-state index is 0.0446. The second kappa shape index (κ2) is 5.60. The molecule has 1 aromatic heterocycles. The first-order chi connectivity index (χ1) is 7.15. The number of carboxylic acid groups (broad SMARTS) is 1. The van der Waals surface area contributed by atoms with Gasteiger partial charge >= 0.3 is 5.97 Å². The van der Waals surface area contributed by atoms with E-state index in [4.69, 9.17) is 10.8 Å². The zero-order valence-electron chi connectivity index (χ0n) is 8.56. The van der Waals surface area contributed by atoms with Crippen molar-refractivity contribution in [2.24, 2.45) is 0 Å². The number of anilines is 1. The van der Waals surface area contributed by atoms with Crippen molar-refractivity contribution in [2.75, 3.05) is 11.5 Å². The SMILES string of the molecule is CCCCSc1nc(C(=O)O)ccc1N. The van der Waals surface area contributed by atoms with E-state index in [1.165, 1.54) is 17.8 Å². The molecule has 1 aromatic rings. The molecule has 5 heteroatoms. The van der Waals surface area contributed by atoms with Crippen molar-refractivity contribution >= 4 is 23.4 Å². The van der Waals surface area contributed by atoms with Crippen molar-refractivity contribution in [3.05, 3.63) is 17.8 Å². The van der Waals surface area contributed by atoms with Crippen molar-refractivity contribution in [1.82, 2.24) is 4.98 Å². The Labute approximate surface area is 92.9 Å². The third kappa shape index (κ3) is 3.43. The molecular weight excluding hydrogens is 212 g/mol. The number of nitrogens with zero attached hydrogens (tertiary/aromatic N) is 1. The lowest BCUT2D eigenvalue weighted by Crippen LogP contribution is -2.03. The van der Waals surface area contributed by atoms with Crippen LogP contribution in [0.25, 0.3) is 0 Å². The van der Waals surface area contributed by atoms with E-state index in [-0.39, 0.29) is 5.69 Å². The molecule has 1 rings (SSSR count). The summed E-state index contributed by atoms with van der Waals surface area (Å²) in [6.45, 7) is 2.10. The van der Waals surface area contributed by atoms with Crippen molar-refractivity contribution < 1.29 is 9.90 Å². The molecule has 0 fully saturated rings. The molecule has 0 saturated carbocycles. The summed E-state index contributed by atoms with van der Waals surface area (Å²) in [7, 11) is 0. The fourth-order valence-corrected chi connectivity index (χ4v) is 2.02. The second-order valence-electron chi connectivity index (χ2n) is 3.10. The van der Waals surface area contributed by atoms with Crippen LogP contribution in [0.5, 0.6) is 0 Å². The van der Waals surface area contributed by atoms with Crippen LogP contribution in [0.2, 0.25) is 0 Å². The number of rotatable bonds is 5. The molecule has 0 aliphatic carbocycles. The summed E-state index contributed by atoms with van der Waals surface area (Å²) < 4.78 is 0. The lowest BCUT2D eigenvalue weighted by atomic mass is 10.3. The Morgan fingerprint density at radius 3 is 2.93 bits per heavy atom. The van der Waals surface area contributed by atoms with Crippen LogP contribution < -0.4 is 5.73 Å². The number of aromatic carboxylic acids is 1. The van der Waals surface area contributed by atoms with Gasteiger partial charge in [-0.25, -0.2) is 9.78 Å². The van der Waals surface area contributed by atoms with E-state index >= 15 is 0 Å². The molecule has 3 N–H and O–H groups in total. The first-order valence-electron chi connectivity index (χ1n) is 4.77. The highest BCUT2D eigenvalue weighted by Gasteiger charge is 2.08. The van der Waals surface area contributed by atoms with Crippen LogP contribution in [-0.4, -0.2) is 21.8 Å². The number of nitrogens with two attached hydrogens (primary N) is 1. The molecule has 4 nitrogen and oxygen atoms in total. The molecule has 0 aliphatic rings. The molecule has 0 bridgehead atoms. The normalized spacial score (nSPS) is 10.2. The van der Waals surface area contributed by atoms with Gasteiger partial charge in [0, 0.05) is 0 Å². The lowest BCUT2D eigenvalue weighted by molar-refractivity contribution is 0.0690. The fourth-order valence-electron chi connectivity index (χ4n) is 0.999. The summed E-state index contributed by atoms with van der Waals surface area (Å²) >= 11 is 1.50. The van der Waals surface area contributed by atoms with Crippen LogP contribution >= 0.6 is 11.8 Å². The van der Waals surface area contributed by atoms with Crippen LogP contribution in [-0.2, 0) is 0 Å². The van der Waals surface area contributed by atoms with Crippen LogP contribution in [0.15, 0.2) is 17.2 Å². The van der Waals surface area contributed by atoms with E-state index in [1.54, 1.807) is 6.07 Å². The highest BCUT2D eigenvalue weighted by Crippen LogP contribution is 2.23. The molecule has 0 atom stereocenters. The maximum absolute atomic E-state index is 10.7. The quantitative estimate of drug-likeness (QED) is 0.595. The van der Waals surface area contributed by atoms with Crippen molar-refractivity contribution in [3.63, 3.8) is 0 Å². The van der Waals surface area contributed by atoms with Gasteiger partial charge in [-0.2, -0.15) is 0 Å². The van der Waals surface area contributed by atoms with Gasteiger partial charge in [0.25, 0.3) is 0 Å². The van der Waals surface area contributed by atoms with E-state index < -0.39 is 5.97 Å². The standard InChI is InChI=1S/C10H14N2O2S/c1-2-3-6-15-9-7(11)4-5-8(12-9)10(13)14/h4-5H,2-3,6,11H2,1H3,(H,13,14). The Hall–Kier alpha value is -1.23. The van der Waals surface area contributed by atoms with Gasteiger partial charge in [0.05, 0.1) is 5.69 Å². The summed E-state index contributed by atoms with van der Waals surface area (Å²) in [6, 6.07) is 3.01. The predicted molar refractivity (Wildman–Crippen MR) is 61.2 cm³/mol. The molecule has 0 spiro atoms. The summed E-state index contributed by atoms with van der Waals surface area (Å²) in [5.74, 6) is -0.108. The molecule has 82 valence electrons. The molecule has 1 heterocycles. The molecular formula is C10H14N2O2S. The predicted octanol–water partition coefficient (Wildman–Crippen LogP) is 2.25. The third-order valence-electron chi connectivity index (χ3n) is 1.85. The number of pyridine rings is 1. The Morgan fingerprint density at radius 1 is 1.60 bits per heavy atom. The summed E-state index contributed by atoms with van der Waals surface area (Å²) in [6.07, 6.45) is 2.18. The van der Waals surface area contributed by atoms with Gasteiger partial charge in [-0.1, -0.05) is 13.3 Å². The maximum Gasteiger partial charge on any atom is 0.354 e. The highest BCUT2D eigenvalue weighted by atomic mass is 32.2. The van der Waals surface area contributed by atoms with E-state index in [0.29, 0.717) is 10.7 Å². The van der Waals surface area contributed by atoms with Crippen molar-refractivity contribution in [1.29, 1.82) is 0 Å². The topological polar surface area (TPSA) is 76.2 Å². The Bertz CT molecular complexity index is 355. The van der Waals surface area contributed by atoms with Gasteiger partial charge in [0.1, 0.15) is 10.7 Å². The molecule has 0 radical (unpaired) electrons. The van der Waals surface area contributed by atoms with E-state index in [9.17, 15) is 4.79 Å². The van der Waals surface area contributed by atoms with Gasteiger partial charge in [-0.15, -0.1) is 11.8 Å². The van der Waals surface area contributed by atoms with Crippen molar-refractivity contribution in [3.8, 4) is 0 Å². The average Bonchev–Trinajstić information content (AvgIpc) is 2.20. The zero-order valence-corrected chi connectivity index (χ0v) is 9.38. The number of carbonyl (C=O) groups is 1. The number of nitrogen functional groups attached to an aromatic ring is 1. The van der Waals surface area contributed by atoms with Crippen LogP contribution in [0.4, 0.5) is 5.69 Å². The number of hydrogen-bond donors (Lipinski definition) is 2. The number of carboxylic acids is 1. The molecule has 0 saturated heterocycles. The molecule has 0 aromatic carbocycles. The molecule has 15 heavy (non-hydrogen) atoms. The summed E-state index contributed by atoms with van der Waals surface area (Å²) in [5.41, 5.74) is 6.28. The molecule has 0 aliphatic heterocycles. The van der Waals surface area contributed by atoms with E-state index in [1.807, 2.05) is 0 Å². The Morgan fingerprint density at radius 2 is 2.33 bits per heavy atom. The number of hydrogen-bond acceptors (Lipinski definition) is 4. The van der Waals surface area contributed by atoms with Gasteiger partial charge in [0.2, 0.25) is 0 Å². The Kier molecular flexibility index (Phi) is 4.42. The largest absolute Gasteiger partial charge is 0.477 e. The van der Waals surface area contributed by atoms with E-state index in [2.05, 4.69) is 11.9 Å². The van der Waals surface area contributed by atoms with Gasteiger partial charge in [-0.3, -0.25) is 0 Å². The minimum Gasteiger partial charge on any atom is -0.477 e. The number of aromatic nitrogens is 1. The zero-order chi connectivity index (χ0) is 11.3. The first kappa shape index (κ1) is 11.8. The number of thioether (sulfide) groups is 1. The minimum atomic E-state index is -1.02. The van der Waals surface area contributed by atoms with Crippen LogP contribution in [0, 0.1) is 0 Å². The van der Waals surface area contributed by atoms with E-state index in [0.717, 1.165) is 18.6 Å². The smallest absolute Gasteiger partial charge is 0.354 e. The second-order valence-corrected chi connectivity index (χ2v) is 4.18. The third-order valence-corrected chi connectivity index (χ3v) is 2.94. The maximum atomic E-state index is 10.7. The highest BCUT2D eigenvalue weighted by molar-refractivity contribution is 7.99. The Balaban J connectivity index is 2.76. The molecule has 0 amide bonds. The fraction of sp³-hybridized carbons (Fsp3) is 0.400. The summed E-state index contributed by atoms with van der Waals surface area (Å²) in [5, 5.41) is 9.37.